The molecule has 1 amide bonds. The average molecular weight is 585 g/mol. The van der Waals surface area contributed by atoms with Crippen molar-refractivity contribution < 1.29 is 21.6 Å². The fraction of sp³-hybridized carbons (Fsp3) is 0.458. The first-order valence-electron chi connectivity index (χ1n) is 11.8. The van der Waals surface area contributed by atoms with Crippen LogP contribution in [0, 0.1) is 5.92 Å². The lowest BCUT2D eigenvalue weighted by Crippen LogP contribution is -2.45. The molecule has 2 saturated heterocycles. The zero-order chi connectivity index (χ0) is 25.1. The molecule has 0 radical (unpaired) electrons. The molecule has 4 rings (SSSR count). The topological polar surface area (TPSA) is 104 Å². The lowest BCUT2D eigenvalue weighted by Gasteiger charge is -2.31. The molecule has 8 nitrogen and oxygen atoms in total. The second-order valence-corrected chi connectivity index (χ2v) is 13.8. The first kappa shape index (κ1) is 26.3. The van der Waals surface area contributed by atoms with E-state index < -0.39 is 26.0 Å². The molecule has 0 saturated carbocycles. The van der Waals surface area contributed by atoms with Crippen molar-refractivity contribution in [1.29, 1.82) is 0 Å². The molecule has 2 aromatic rings. The van der Waals surface area contributed by atoms with E-state index in [1.807, 2.05) is 0 Å². The fourth-order valence-electron chi connectivity index (χ4n) is 4.50. The summed E-state index contributed by atoms with van der Waals surface area (Å²) in [6.07, 6.45) is 4.04. The second-order valence-electron chi connectivity index (χ2n) is 8.98. The Morgan fingerprint density at radius 2 is 1.34 bits per heavy atom. The van der Waals surface area contributed by atoms with Crippen molar-refractivity contribution in [3.63, 3.8) is 0 Å². The van der Waals surface area contributed by atoms with Gasteiger partial charge in [0, 0.05) is 37.2 Å². The quantitative estimate of drug-likeness (QED) is 0.538. The van der Waals surface area contributed by atoms with Crippen LogP contribution in [0.25, 0.3) is 0 Å². The minimum atomic E-state index is -3.67. The largest absolute Gasteiger partial charge is 0.352 e. The zero-order valence-electron chi connectivity index (χ0n) is 19.4. The van der Waals surface area contributed by atoms with Crippen molar-refractivity contribution >= 4 is 41.9 Å². The maximum absolute atomic E-state index is 13.0. The highest BCUT2D eigenvalue weighted by Gasteiger charge is 2.33. The third-order valence-electron chi connectivity index (χ3n) is 6.55. The van der Waals surface area contributed by atoms with Gasteiger partial charge in [-0.2, -0.15) is 8.61 Å². The Balaban J connectivity index is 1.34. The number of hydrogen-bond acceptors (Lipinski definition) is 5. The van der Waals surface area contributed by atoms with E-state index in [9.17, 15) is 21.6 Å². The number of nitrogens with zero attached hydrogens (tertiary/aromatic N) is 2. The van der Waals surface area contributed by atoms with Gasteiger partial charge in [0.25, 0.3) is 0 Å². The van der Waals surface area contributed by atoms with Crippen LogP contribution in [0.1, 0.15) is 37.7 Å². The van der Waals surface area contributed by atoms with Crippen LogP contribution in [-0.4, -0.2) is 57.5 Å². The first-order chi connectivity index (χ1) is 16.7. The first-order valence-corrected chi connectivity index (χ1v) is 15.5. The van der Waals surface area contributed by atoms with Crippen LogP contribution in [0.15, 0.2) is 62.8 Å². The van der Waals surface area contributed by atoms with Crippen LogP contribution in [-0.2, 0) is 31.4 Å². The summed E-state index contributed by atoms with van der Waals surface area (Å²) in [6, 6.07) is 13.1. The Labute approximate surface area is 215 Å². The molecule has 35 heavy (non-hydrogen) atoms. The molecule has 2 aliphatic rings. The van der Waals surface area contributed by atoms with E-state index in [0.29, 0.717) is 32.5 Å². The molecule has 190 valence electrons. The molecular weight excluding hydrogens is 554 g/mol. The van der Waals surface area contributed by atoms with Crippen LogP contribution in [0.4, 0.5) is 0 Å². The Bertz CT molecular complexity index is 1240. The summed E-state index contributed by atoms with van der Waals surface area (Å²) in [6.45, 7) is 1.87. The molecule has 2 aromatic carbocycles. The summed E-state index contributed by atoms with van der Waals surface area (Å²) in [5.74, 6) is -0.640. The van der Waals surface area contributed by atoms with Gasteiger partial charge in [0.05, 0.1) is 15.7 Å². The summed E-state index contributed by atoms with van der Waals surface area (Å²) in [7, 11) is -7.16. The number of benzene rings is 2. The van der Waals surface area contributed by atoms with Crippen LogP contribution in [0.2, 0.25) is 0 Å². The third-order valence-corrected chi connectivity index (χ3v) is 10.9. The number of nitrogens with one attached hydrogen (secondary N) is 1. The molecule has 1 N–H and O–H groups in total. The van der Waals surface area contributed by atoms with Crippen LogP contribution in [0.5, 0.6) is 0 Å². The van der Waals surface area contributed by atoms with Gasteiger partial charge in [0.1, 0.15) is 0 Å². The van der Waals surface area contributed by atoms with Gasteiger partial charge in [-0.15, -0.1) is 0 Å². The monoisotopic (exact) mass is 583 g/mol. The summed E-state index contributed by atoms with van der Waals surface area (Å²) >= 11 is 3.31. The fourth-order valence-corrected chi connectivity index (χ4v) is 7.80. The van der Waals surface area contributed by atoms with Gasteiger partial charge < -0.3 is 5.32 Å². The van der Waals surface area contributed by atoms with E-state index in [4.69, 9.17) is 0 Å². The Kier molecular flexibility index (Phi) is 8.32. The lowest BCUT2D eigenvalue weighted by atomic mass is 9.99. The van der Waals surface area contributed by atoms with Gasteiger partial charge in [0.2, 0.25) is 26.0 Å². The van der Waals surface area contributed by atoms with Crippen molar-refractivity contribution in [1.82, 2.24) is 13.9 Å². The number of piperidine rings is 2. The molecule has 11 heteroatoms. The van der Waals surface area contributed by atoms with Crippen LogP contribution >= 0.6 is 15.9 Å². The maximum atomic E-state index is 13.0. The van der Waals surface area contributed by atoms with Gasteiger partial charge in [-0.25, -0.2) is 16.8 Å². The summed E-state index contributed by atoms with van der Waals surface area (Å²) in [5, 5.41) is 2.88. The summed E-state index contributed by atoms with van der Waals surface area (Å²) in [5.41, 5.74) is 0.783. The van der Waals surface area contributed by atoms with Crippen molar-refractivity contribution in [2.45, 2.75) is 48.4 Å². The number of carbonyl (C=O) groups is 1. The lowest BCUT2D eigenvalue weighted by molar-refractivity contribution is -0.126. The molecule has 0 aliphatic carbocycles. The predicted octanol–water partition coefficient (Wildman–Crippen LogP) is 3.34. The maximum Gasteiger partial charge on any atom is 0.243 e. The Morgan fingerprint density at radius 3 is 1.97 bits per heavy atom. The highest BCUT2D eigenvalue weighted by Crippen LogP contribution is 2.25. The van der Waals surface area contributed by atoms with Crippen LogP contribution < -0.4 is 5.32 Å². The molecule has 0 aromatic heterocycles. The highest BCUT2D eigenvalue weighted by atomic mass is 79.9. The molecule has 2 fully saturated rings. The molecular formula is C24H30BrN3O5S2. The van der Waals surface area contributed by atoms with Gasteiger partial charge in [-0.1, -0.05) is 34.5 Å². The van der Waals surface area contributed by atoms with E-state index in [0.717, 1.165) is 29.3 Å². The number of hydrogen-bond donors (Lipinski definition) is 1. The molecule has 1 atom stereocenters. The van der Waals surface area contributed by atoms with Gasteiger partial charge >= 0.3 is 0 Å². The normalized spacial score (nSPS) is 20.4. The number of rotatable bonds is 7. The van der Waals surface area contributed by atoms with Crippen molar-refractivity contribution in [3.8, 4) is 0 Å². The van der Waals surface area contributed by atoms with Gasteiger partial charge in [-0.3, -0.25) is 4.79 Å². The molecule has 0 spiro atoms. The summed E-state index contributed by atoms with van der Waals surface area (Å²) in [4.78, 5) is 13.3. The minimum Gasteiger partial charge on any atom is -0.352 e. The van der Waals surface area contributed by atoms with Crippen molar-refractivity contribution in [3.05, 3.63) is 58.6 Å². The number of amides is 1. The predicted molar refractivity (Wildman–Crippen MR) is 137 cm³/mol. The standard InChI is InChI=1S/C24H30BrN3O5S2/c25-21-8-12-23(13-9-21)35(32,33)28-16-4-5-20(18-28)24(29)26-17-19-6-10-22(11-7-19)34(30,31)27-14-2-1-3-15-27/h6-13,20H,1-5,14-18H2,(H,26,29). The minimum absolute atomic E-state index is 0.136. The van der Waals surface area contributed by atoms with Gasteiger partial charge in [-0.05, 0) is 67.6 Å². The molecule has 2 heterocycles. The molecule has 2 aliphatic heterocycles. The van der Waals surface area contributed by atoms with Gasteiger partial charge in [0.15, 0.2) is 0 Å². The van der Waals surface area contributed by atoms with Crippen molar-refractivity contribution in [2.24, 2.45) is 5.92 Å². The van der Waals surface area contributed by atoms with E-state index in [2.05, 4.69) is 21.2 Å². The number of carbonyl (C=O) groups excluding carboxylic acids is 1. The Hall–Kier alpha value is -1.79. The SMILES string of the molecule is O=C(NCc1ccc(S(=O)(=O)N2CCCCC2)cc1)C1CCCN(S(=O)(=O)c2ccc(Br)cc2)C1. The van der Waals surface area contributed by atoms with E-state index in [1.165, 1.54) is 8.61 Å². The Morgan fingerprint density at radius 1 is 0.800 bits per heavy atom. The third kappa shape index (κ3) is 6.14. The van der Waals surface area contributed by atoms with Crippen molar-refractivity contribution in [2.75, 3.05) is 26.2 Å². The average Bonchev–Trinajstić information content (AvgIpc) is 2.88. The van der Waals surface area contributed by atoms with E-state index >= 15 is 0 Å². The number of halogens is 1. The number of sulfonamides is 2. The smallest absolute Gasteiger partial charge is 0.243 e. The van der Waals surface area contributed by atoms with Crippen LogP contribution in [0.3, 0.4) is 0 Å². The second kappa shape index (κ2) is 11.1. The van der Waals surface area contributed by atoms with E-state index in [1.54, 1.807) is 48.5 Å². The summed E-state index contributed by atoms with van der Waals surface area (Å²) < 4.78 is 55.3. The highest BCUT2D eigenvalue weighted by molar-refractivity contribution is 9.10. The zero-order valence-corrected chi connectivity index (χ0v) is 22.6. The van der Waals surface area contributed by atoms with E-state index in [-0.39, 0.29) is 28.8 Å². The molecule has 1 unspecified atom stereocenters. The molecule has 0 bridgehead atoms.